The lowest BCUT2D eigenvalue weighted by Crippen LogP contribution is -1.88. The van der Waals surface area contributed by atoms with E-state index >= 15 is 0 Å². The van der Waals surface area contributed by atoms with Crippen LogP contribution in [0, 0.1) is 5.82 Å². The zero-order chi connectivity index (χ0) is 9.26. The third-order valence-corrected chi connectivity index (χ3v) is 1.68. The minimum atomic E-state index is -0.273. The van der Waals surface area contributed by atoms with Crippen molar-refractivity contribution in [2.24, 2.45) is 7.05 Å². The molecule has 3 nitrogen and oxygen atoms in total. The van der Waals surface area contributed by atoms with E-state index in [1.165, 1.54) is 12.1 Å². The van der Waals surface area contributed by atoms with Crippen LogP contribution in [0.3, 0.4) is 0 Å². The highest BCUT2D eigenvalue weighted by atomic mass is 19.1. The average molecular weight is 177 g/mol. The smallest absolute Gasteiger partial charge is 0.181 e. The molecule has 0 unspecified atom stereocenters. The van der Waals surface area contributed by atoms with Gasteiger partial charge in [0.05, 0.1) is 0 Å². The van der Waals surface area contributed by atoms with Gasteiger partial charge in [-0.1, -0.05) is 12.1 Å². The second kappa shape index (κ2) is 2.97. The first-order valence-electron chi connectivity index (χ1n) is 3.87. The molecular weight excluding hydrogens is 169 g/mol. The van der Waals surface area contributed by atoms with Gasteiger partial charge in [-0.3, -0.25) is 4.68 Å². The van der Waals surface area contributed by atoms with Crippen molar-refractivity contribution in [2.45, 2.75) is 0 Å². The van der Waals surface area contributed by atoms with Crippen LogP contribution >= 0.6 is 0 Å². The summed E-state index contributed by atoms with van der Waals surface area (Å²) in [6.45, 7) is 0. The summed E-state index contributed by atoms with van der Waals surface area (Å²) in [5.74, 6) is 0.270. The Kier molecular flexibility index (Phi) is 1.81. The highest BCUT2D eigenvalue weighted by Crippen LogP contribution is 2.14. The van der Waals surface area contributed by atoms with Crippen LogP contribution in [-0.2, 0) is 7.05 Å². The molecule has 0 aliphatic rings. The number of nitrogens with zero attached hydrogens (tertiary/aromatic N) is 3. The maximum absolute atomic E-state index is 12.8. The largest absolute Gasteiger partial charge is 0.255 e. The SMILES string of the molecule is Cn1cnc(-c2cccc(F)c2)n1. The van der Waals surface area contributed by atoms with Crippen LogP contribution in [0.5, 0.6) is 0 Å². The van der Waals surface area contributed by atoms with Gasteiger partial charge in [-0.2, -0.15) is 5.10 Å². The number of aryl methyl sites for hydroxylation is 1. The van der Waals surface area contributed by atoms with Gasteiger partial charge < -0.3 is 0 Å². The molecule has 2 aromatic rings. The van der Waals surface area contributed by atoms with Crippen LogP contribution in [0.25, 0.3) is 11.4 Å². The van der Waals surface area contributed by atoms with Gasteiger partial charge in [0.2, 0.25) is 0 Å². The summed E-state index contributed by atoms with van der Waals surface area (Å²) in [5.41, 5.74) is 0.695. The number of hydrogen-bond acceptors (Lipinski definition) is 2. The molecule has 0 saturated heterocycles. The average Bonchev–Trinajstić information content (AvgIpc) is 2.52. The molecule has 1 aromatic heterocycles. The van der Waals surface area contributed by atoms with Gasteiger partial charge >= 0.3 is 0 Å². The Bertz CT molecular complexity index is 422. The molecule has 0 aliphatic carbocycles. The molecule has 0 atom stereocenters. The predicted octanol–water partition coefficient (Wildman–Crippen LogP) is 1.62. The first-order valence-corrected chi connectivity index (χ1v) is 3.87. The molecule has 1 heterocycles. The molecule has 0 spiro atoms. The first kappa shape index (κ1) is 7.91. The van der Waals surface area contributed by atoms with Crippen molar-refractivity contribution in [1.29, 1.82) is 0 Å². The van der Waals surface area contributed by atoms with Crippen molar-refractivity contribution < 1.29 is 4.39 Å². The maximum atomic E-state index is 12.8. The highest BCUT2D eigenvalue weighted by Gasteiger charge is 2.02. The van der Waals surface area contributed by atoms with Crippen LogP contribution in [0.1, 0.15) is 0 Å². The lowest BCUT2D eigenvalue weighted by molar-refractivity contribution is 0.628. The van der Waals surface area contributed by atoms with Gasteiger partial charge in [-0.05, 0) is 12.1 Å². The molecule has 0 aliphatic heterocycles. The summed E-state index contributed by atoms with van der Waals surface area (Å²) in [4.78, 5) is 4.01. The summed E-state index contributed by atoms with van der Waals surface area (Å²) in [6.07, 6.45) is 1.58. The predicted molar refractivity (Wildman–Crippen MR) is 46.4 cm³/mol. The van der Waals surface area contributed by atoms with Crippen molar-refractivity contribution in [3.05, 3.63) is 36.4 Å². The van der Waals surface area contributed by atoms with E-state index in [4.69, 9.17) is 0 Å². The lowest BCUT2D eigenvalue weighted by Gasteiger charge is -1.93. The Morgan fingerprint density at radius 3 is 2.85 bits per heavy atom. The van der Waals surface area contributed by atoms with Crippen LogP contribution in [0.15, 0.2) is 30.6 Å². The third-order valence-electron chi connectivity index (χ3n) is 1.68. The summed E-state index contributed by atoms with van der Waals surface area (Å²) in [7, 11) is 1.77. The minimum Gasteiger partial charge on any atom is -0.255 e. The molecule has 0 amide bonds. The summed E-state index contributed by atoms with van der Waals surface area (Å²) in [5, 5.41) is 4.06. The zero-order valence-electron chi connectivity index (χ0n) is 7.11. The van der Waals surface area contributed by atoms with Gasteiger partial charge in [0.15, 0.2) is 5.82 Å². The van der Waals surface area contributed by atoms with Crippen LogP contribution in [0.4, 0.5) is 4.39 Å². The van der Waals surface area contributed by atoms with E-state index in [2.05, 4.69) is 10.1 Å². The molecule has 2 rings (SSSR count). The fourth-order valence-electron chi connectivity index (χ4n) is 1.10. The molecular formula is C9H8FN3. The fraction of sp³-hybridized carbons (Fsp3) is 0.111. The highest BCUT2D eigenvalue weighted by molar-refractivity contribution is 5.53. The fourth-order valence-corrected chi connectivity index (χ4v) is 1.10. The number of halogens is 1. The van der Waals surface area contributed by atoms with E-state index in [-0.39, 0.29) is 5.82 Å². The number of benzene rings is 1. The topological polar surface area (TPSA) is 30.7 Å². The van der Waals surface area contributed by atoms with Crippen molar-refractivity contribution in [3.63, 3.8) is 0 Å². The molecule has 1 aromatic carbocycles. The molecule has 13 heavy (non-hydrogen) atoms. The Morgan fingerprint density at radius 1 is 1.38 bits per heavy atom. The van der Waals surface area contributed by atoms with E-state index in [0.717, 1.165) is 0 Å². The summed E-state index contributed by atoms with van der Waals surface area (Å²) >= 11 is 0. The van der Waals surface area contributed by atoms with Crippen molar-refractivity contribution in [2.75, 3.05) is 0 Å². The lowest BCUT2D eigenvalue weighted by atomic mass is 10.2. The number of hydrogen-bond donors (Lipinski definition) is 0. The van der Waals surface area contributed by atoms with E-state index in [9.17, 15) is 4.39 Å². The van der Waals surface area contributed by atoms with Crippen molar-refractivity contribution >= 4 is 0 Å². The standard InChI is InChI=1S/C9H8FN3/c1-13-6-11-9(12-13)7-3-2-4-8(10)5-7/h2-6H,1H3. The molecule has 0 N–H and O–H groups in total. The Morgan fingerprint density at radius 2 is 2.23 bits per heavy atom. The summed E-state index contributed by atoms with van der Waals surface area (Å²) in [6, 6.07) is 6.22. The Hall–Kier alpha value is -1.71. The Balaban J connectivity index is 2.46. The molecule has 0 saturated carbocycles. The monoisotopic (exact) mass is 177 g/mol. The molecule has 66 valence electrons. The molecule has 4 heteroatoms. The van der Waals surface area contributed by atoms with E-state index in [1.54, 1.807) is 30.2 Å². The van der Waals surface area contributed by atoms with Crippen LogP contribution in [0.2, 0.25) is 0 Å². The van der Waals surface area contributed by atoms with Gasteiger partial charge in [0, 0.05) is 12.6 Å². The van der Waals surface area contributed by atoms with Crippen LogP contribution in [-0.4, -0.2) is 14.8 Å². The van der Waals surface area contributed by atoms with Crippen molar-refractivity contribution in [1.82, 2.24) is 14.8 Å². The van der Waals surface area contributed by atoms with Gasteiger partial charge in [-0.25, -0.2) is 9.37 Å². The van der Waals surface area contributed by atoms with Gasteiger partial charge in [-0.15, -0.1) is 0 Å². The van der Waals surface area contributed by atoms with Crippen molar-refractivity contribution in [3.8, 4) is 11.4 Å². The molecule has 0 fully saturated rings. The van der Waals surface area contributed by atoms with E-state index < -0.39 is 0 Å². The zero-order valence-corrected chi connectivity index (χ0v) is 7.11. The maximum Gasteiger partial charge on any atom is 0.181 e. The normalized spacial score (nSPS) is 10.3. The number of rotatable bonds is 1. The first-order chi connectivity index (χ1) is 6.25. The Labute approximate surface area is 74.8 Å². The van der Waals surface area contributed by atoms with Crippen LogP contribution < -0.4 is 0 Å². The van der Waals surface area contributed by atoms with Gasteiger partial charge in [0.25, 0.3) is 0 Å². The summed E-state index contributed by atoms with van der Waals surface area (Å²) < 4.78 is 14.4. The van der Waals surface area contributed by atoms with Gasteiger partial charge in [0.1, 0.15) is 12.1 Å². The molecule has 0 bridgehead atoms. The second-order valence-electron chi connectivity index (χ2n) is 2.75. The van der Waals surface area contributed by atoms with E-state index in [0.29, 0.717) is 11.4 Å². The second-order valence-corrected chi connectivity index (χ2v) is 2.75. The minimum absolute atomic E-state index is 0.273. The molecule has 0 radical (unpaired) electrons. The number of aromatic nitrogens is 3. The quantitative estimate of drug-likeness (QED) is 0.662. The third kappa shape index (κ3) is 1.56. The van der Waals surface area contributed by atoms with E-state index in [1.807, 2.05) is 0 Å².